The third kappa shape index (κ3) is 3.86. The van der Waals surface area contributed by atoms with E-state index in [9.17, 15) is 0 Å². The van der Waals surface area contributed by atoms with Crippen molar-refractivity contribution in [2.45, 2.75) is 0 Å². The molecule has 5 aromatic carbocycles. The molecule has 4 heterocycles. The Bertz CT molecular complexity index is 2360. The SMILES string of the molecule is c1ccc(-c2ccc3ccc(N(c4ccc5c(c4)oc4cnccc45)c4ccc5c(c4)oc4cnccc45)cc3c2)cc1. The number of pyridine rings is 2. The van der Waals surface area contributed by atoms with Gasteiger partial charge in [-0.3, -0.25) is 9.97 Å². The van der Waals surface area contributed by atoms with E-state index in [0.717, 1.165) is 66.3 Å². The first-order valence-electron chi connectivity index (χ1n) is 14.2. The molecule has 5 nitrogen and oxygen atoms in total. The Morgan fingerprint density at radius 2 is 0.977 bits per heavy atom. The highest BCUT2D eigenvalue weighted by Gasteiger charge is 2.18. The van der Waals surface area contributed by atoms with E-state index >= 15 is 0 Å². The number of furan rings is 2. The summed E-state index contributed by atoms with van der Waals surface area (Å²) in [6.45, 7) is 0. The fourth-order valence-electron chi connectivity index (χ4n) is 6.15. The molecule has 43 heavy (non-hydrogen) atoms. The van der Waals surface area contributed by atoms with Crippen LogP contribution in [0.2, 0.25) is 0 Å². The van der Waals surface area contributed by atoms with Crippen LogP contribution < -0.4 is 4.90 Å². The number of nitrogens with zero attached hydrogens (tertiary/aromatic N) is 3. The highest BCUT2D eigenvalue weighted by molar-refractivity contribution is 6.07. The van der Waals surface area contributed by atoms with Crippen molar-refractivity contribution < 1.29 is 8.83 Å². The van der Waals surface area contributed by atoms with E-state index in [-0.39, 0.29) is 0 Å². The van der Waals surface area contributed by atoms with Crippen molar-refractivity contribution in [3.63, 3.8) is 0 Å². The van der Waals surface area contributed by atoms with Crippen LogP contribution in [0.4, 0.5) is 17.1 Å². The Balaban J connectivity index is 1.25. The maximum Gasteiger partial charge on any atom is 0.153 e. The molecule has 0 aliphatic heterocycles. The Morgan fingerprint density at radius 1 is 0.419 bits per heavy atom. The quantitative estimate of drug-likeness (QED) is 0.217. The molecule has 9 aromatic rings. The molecule has 0 amide bonds. The molecule has 0 radical (unpaired) electrons. The summed E-state index contributed by atoms with van der Waals surface area (Å²) < 4.78 is 12.5. The molecule has 0 unspecified atom stereocenters. The van der Waals surface area contributed by atoms with Gasteiger partial charge in [-0.1, -0.05) is 48.5 Å². The molecule has 0 aliphatic rings. The predicted molar refractivity (Wildman–Crippen MR) is 174 cm³/mol. The molecular formula is C38H23N3O2. The van der Waals surface area contributed by atoms with Gasteiger partial charge in [-0.05, 0) is 76.5 Å². The average molecular weight is 554 g/mol. The van der Waals surface area contributed by atoms with Crippen molar-refractivity contribution in [1.82, 2.24) is 9.97 Å². The molecule has 0 atom stereocenters. The van der Waals surface area contributed by atoms with E-state index < -0.39 is 0 Å². The Hall–Kier alpha value is -5.94. The van der Waals surface area contributed by atoms with Crippen LogP contribution in [-0.2, 0) is 0 Å². The van der Waals surface area contributed by atoms with E-state index in [2.05, 4.69) is 112 Å². The lowest BCUT2D eigenvalue weighted by atomic mass is 10.0. The van der Waals surface area contributed by atoms with Gasteiger partial charge in [0.1, 0.15) is 11.2 Å². The third-order valence-electron chi connectivity index (χ3n) is 8.23. The monoisotopic (exact) mass is 553 g/mol. The standard InChI is InChI=1S/C38H23N3O2/c1-2-4-24(5-3-1)26-7-6-25-8-9-28(19-27(25)18-26)41(29-10-12-31-33-14-16-39-22-37(33)42-35(31)20-29)30-11-13-32-34-15-17-40-23-38(34)43-36(32)21-30/h1-23H. The minimum absolute atomic E-state index is 0.776. The van der Waals surface area contributed by atoms with Crippen molar-refractivity contribution in [3.8, 4) is 11.1 Å². The van der Waals surface area contributed by atoms with E-state index in [1.165, 1.54) is 16.5 Å². The van der Waals surface area contributed by atoms with Gasteiger partial charge in [-0.25, -0.2) is 0 Å². The van der Waals surface area contributed by atoms with Crippen LogP contribution in [0.15, 0.2) is 149 Å². The first-order valence-corrected chi connectivity index (χ1v) is 14.2. The first-order chi connectivity index (χ1) is 21.3. The number of aromatic nitrogens is 2. The maximum atomic E-state index is 6.25. The number of benzene rings is 5. The molecule has 0 spiro atoms. The average Bonchev–Trinajstić information content (AvgIpc) is 3.62. The molecule has 4 aromatic heterocycles. The molecule has 0 fully saturated rings. The zero-order chi connectivity index (χ0) is 28.3. The van der Waals surface area contributed by atoms with Gasteiger partial charge in [-0.2, -0.15) is 0 Å². The molecule has 0 saturated carbocycles. The lowest BCUT2D eigenvalue weighted by Crippen LogP contribution is -2.09. The highest BCUT2D eigenvalue weighted by atomic mass is 16.3. The second-order valence-electron chi connectivity index (χ2n) is 10.8. The van der Waals surface area contributed by atoms with Gasteiger partial charge in [-0.15, -0.1) is 0 Å². The lowest BCUT2D eigenvalue weighted by molar-refractivity contribution is 0.667. The van der Waals surface area contributed by atoms with Crippen molar-refractivity contribution >= 4 is 71.7 Å². The molecule has 5 heteroatoms. The number of hydrogen-bond acceptors (Lipinski definition) is 5. The summed E-state index contributed by atoms with van der Waals surface area (Å²) >= 11 is 0. The molecule has 0 bridgehead atoms. The third-order valence-corrected chi connectivity index (χ3v) is 8.23. The van der Waals surface area contributed by atoms with E-state index in [1.54, 1.807) is 24.8 Å². The molecular weight excluding hydrogens is 530 g/mol. The second-order valence-corrected chi connectivity index (χ2v) is 10.8. The van der Waals surface area contributed by atoms with Gasteiger partial charge in [0.25, 0.3) is 0 Å². The fourth-order valence-corrected chi connectivity index (χ4v) is 6.15. The molecule has 0 saturated heterocycles. The topological polar surface area (TPSA) is 55.3 Å². The number of rotatable bonds is 4. The zero-order valence-corrected chi connectivity index (χ0v) is 22.9. The molecule has 0 N–H and O–H groups in total. The summed E-state index contributed by atoms with van der Waals surface area (Å²) in [5, 5.41) is 6.58. The van der Waals surface area contributed by atoms with Crippen LogP contribution in [0.25, 0.3) is 65.8 Å². The maximum absolute atomic E-state index is 6.25. The van der Waals surface area contributed by atoms with Crippen molar-refractivity contribution in [2.24, 2.45) is 0 Å². The number of hydrogen-bond donors (Lipinski definition) is 0. The van der Waals surface area contributed by atoms with E-state index in [0.29, 0.717) is 0 Å². The van der Waals surface area contributed by atoms with Gasteiger partial charge in [0.15, 0.2) is 11.2 Å². The summed E-state index contributed by atoms with van der Waals surface area (Å²) in [6, 6.07) is 40.5. The smallest absolute Gasteiger partial charge is 0.153 e. The molecule has 9 rings (SSSR count). The largest absolute Gasteiger partial charge is 0.454 e. The summed E-state index contributed by atoms with van der Waals surface area (Å²) in [5.41, 5.74) is 8.56. The number of fused-ring (bicyclic) bond motifs is 7. The lowest BCUT2D eigenvalue weighted by Gasteiger charge is -2.26. The minimum atomic E-state index is 0.776. The van der Waals surface area contributed by atoms with E-state index in [4.69, 9.17) is 8.83 Å². The molecule has 0 aliphatic carbocycles. The van der Waals surface area contributed by atoms with Crippen LogP contribution in [-0.4, -0.2) is 9.97 Å². The van der Waals surface area contributed by atoms with Crippen LogP contribution in [0.5, 0.6) is 0 Å². The van der Waals surface area contributed by atoms with Gasteiger partial charge in [0.05, 0.1) is 12.4 Å². The predicted octanol–water partition coefficient (Wildman–Crippen LogP) is 10.6. The fraction of sp³-hybridized carbons (Fsp3) is 0. The summed E-state index contributed by atoms with van der Waals surface area (Å²) in [7, 11) is 0. The van der Waals surface area contributed by atoms with Gasteiger partial charge >= 0.3 is 0 Å². The van der Waals surface area contributed by atoms with Crippen molar-refractivity contribution in [2.75, 3.05) is 4.90 Å². The minimum Gasteiger partial charge on any atom is -0.454 e. The van der Waals surface area contributed by atoms with E-state index in [1.807, 2.05) is 18.2 Å². The Labute approximate surface area is 246 Å². The van der Waals surface area contributed by atoms with Crippen LogP contribution in [0.3, 0.4) is 0 Å². The van der Waals surface area contributed by atoms with Crippen LogP contribution in [0.1, 0.15) is 0 Å². The highest BCUT2D eigenvalue weighted by Crippen LogP contribution is 2.41. The van der Waals surface area contributed by atoms with Gasteiger partial charge in [0, 0.05) is 63.1 Å². The van der Waals surface area contributed by atoms with Crippen molar-refractivity contribution in [3.05, 3.63) is 140 Å². The normalized spacial score (nSPS) is 11.7. The van der Waals surface area contributed by atoms with Gasteiger partial charge in [0.2, 0.25) is 0 Å². The Morgan fingerprint density at radius 3 is 1.63 bits per heavy atom. The summed E-state index contributed by atoms with van der Waals surface area (Å²) in [6.07, 6.45) is 7.14. The van der Waals surface area contributed by atoms with Gasteiger partial charge < -0.3 is 13.7 Å². The summed E-state index contributed by atoms with van der Waals surface area (Å²) in [4.78, 5) is 10.7. The second kappa shape index (κ2) is 9.29. The van der Waals surface area contributed by atoms with Crippen molar-refractivity contribution in [1.29, 1.82) is 0 Å². The summed E-state index contributed by atoms with van der Waals surface area (Å²) in [5.74, 6) is 0. The molecule has 202 valence electrons. The Kier molecular flexibility index (Phi) is 5.13. The zero-order valence-electron chi connectivity index (χ0n) is 22.9. The van der Waals surface area contributed by atoms with Crippen LogP contribution in [0, 0.1) is 0 Å². The number of anilines is 3. The van der Waals surface area contributed by atoms with Crippen LogP contribution >= 0.6 is 0 Å². The first kappa shape index (κ1) is 23.7.